The second-order valence-corrected chi connectivity index (χ2v) is 9.60. The molecule has 0 unspecified atom stereocenters. The molecule has 8 heteroatoms. The van der Waals surface area contributed by atoms with Crippen LogP contribution in [-0.2, 0) is 10.2 Å². The summed E-state index contributed by atoms with van der Waals surface area (Å²) < 4.78 is 11.9. The zero-order valence-electron chi connectivity index (χ0n) is 18.3. The molecule has 0 aliphatic heterocycles. The number of rotatable bonds is 7. The number of urea groups is 1. The predicted octanol–water partition coefficient (Wildman–Crippen LogP) is 4.42. The van der Waals surface area contributed by atoms with Gasteiger partial charge in [0.1, 0.15) is 11.4 Å². The number of nitrogens with two attached hydrogens (primary N) is 1. The van der Waals surface area contributed by atoms with Crippen LogP contribution in [-0.4, -0.2) is 48.9 Å². The highest BCUT2D eigenvalue weighted by atomic mass is 79.9. The van der Waals surface area contributed by atoms with Gasteiger partial charge < -0.3 is 20.5 Å². The van der Waals surface area contributed by atoms with Crippen LogP contribution in [0.3, 0.4) is 0 Å². The van der Waals surface area contributed by atoms with Crippen molar-refractivity contribution in [3.63, 3.8) is 0 Å². The van der Waals surface area contributed by atoms with E-state index in [1.165, 1.54) is 5.56 Å². The minimum atomic E-state index is -0.709. The van der Waals surface area contributed by atoms with Gasteiger partial charge in [-0.05, 0) is 66.2 Å². The van der Waals surface area contributed by atoms with Crippen molar-refractivity contribution < 1.29 is 19.1 Å². The Morgan fingerprint density at radius 3 is 2.34 bits per heavy atom. The molecule has 0 spiro atoms. The molecule has 0 aliphatic carbocycles. The molecule has 1 aromatic rings. The summed E-state index contributed by atoms with van der Waals surface area (Å²) in [5, 5.41) is 2.70. The fraction of sp³-hybridized carbons (Fsp3) is 0.619. The number of imide groups is 1. The number of nitrogens with zero attached hydrogens (tertiary/aromatic N) is 1. The van der Waals surface area contributed by atoms with Crippen molar-refractivity contribution in [1.82, 2.24) is 10.2 Å². The average Bonchev–Trinajstić information content (AvgIpc) is 2.57. The fourth-order valence-corrected chi connectivity index (χ4v) is 2.84. The fourth-order valence-electron chi connectivity index (χ4n) is 2.35. The van der Waals surface area contributed by atoms with Crippen LogP contribution >= 0.6 is 15.9 Å². The van der Waals surface area contributed by atoms with Gasteiger partial charge in [-0.1, -0.05) is 26.8 Å². The van der Waals surface area contributed by atoms with Crippen LogP contribution in [0, 0.1) is 0 Å². The lowest BCUT2D eigenvalue weighted by Crippen LogP contribution is -2.48. The van der Waals surface area contributed by atoms with Gasteiger partial charge in [-0.2, -0.15) is 0 Å². The van der Waals surface area contributed by atoms with Crippen molar-refractivity contribution in [1.29, 1.82) is 0 Å². The van der Waals surface area contributed by atoms with Gasteiger partial charge in [0.2, 0.25) is 0 Å². The van der Waals surface area contributed by atoms with Gasteiger partial charge in [-0.15, -0.1) is 0 Å². The molecule has 3 amide bonds. The molecule has 7 nitrogen and oxygen atoms in total. The van der Waals surface area contributed by atoms with Gasteiger partial charge in [-0.3, -0.25) is 0 Å². The van der Waals surface area contributed by atoms with Crippen molar-refractivity contribution in [2.75, 3.05) is 26.2 Å². The van der Waals surface area contributed by atoms with Crippen LogP contribution in [0.4, 0.5) is 9.59 Å². The Kier molecular flexibility index (Phi) is 9.42. The van der Waals surface area contributed by atoms with Crippen LogP contribution in [0.15, 0.2) is 22.7 Å². The summed E-state index contributed by atoms with van der Waals surface area (Å²) in [7, 11) is 0. The van der Waals surface area contributed by atoms with Crippen molar-refractivity contribution in [3.05, 3.63) is 28.2 Å². The van der Waals surface area contributed by atoms with Gasteiger partial charge in [0.05, 0.1) is 11.1 Å². The van der Waals surface area contributed by atoms with E-state index >= 15 is 0 Å². The lowest BCUT2D eigenvalue weighted by atomic mass is 9.87. The number of amides is 3. The summed E-state index contributed by atoms with van der Waals surface area (Å²) in [4.78, 5) is 25.4. The van der Waals surface area contributed by atoms with E-state index in [-0.39, 0.29) is 18.5 Å². The van der Waals surface area contributed by atoms with E-state index in [1.54, 1.807) is 20.8 Å². The maximum absolute atomic E-state index is 12.3. The van der Waals surface area contributed by atoms with E-state index in [4.69, 9.17) is 15.2 Å². The largest absolute Gasteiger partial charge is 0.492 e. The maximum Gasteiger partial charge on any atom is 0.418 e. The smallest absolute Gasteiger partial charge is 0.418 e. The minimum absolute atomic E-state index is 0.0644. The van der Waals surface area contributed by atoms with Crippen LogP contribution in [0.1, 0.15) is 53.5 Å². The normalized spacial score (nSPS) is 11.7. The summed E-state index contributed by atoms with van der Waals surface area (Å²) in [5.74, 6) is 0.753. The number of carbonyl (C=O) groups excluding carboxylic acids is 2. The highest BCUT2D eigenvalue weighted by molar-refractivity contribution is 9.10. The Morgan fingerprint density at radius 2 is 1.83 bits per heavy atom. The Hall–Kier alpha value is -1.80. The molecule has 1 aromatic carbocycles. The van der Waals surface area contributed by atoms with Crippen LogP contribution in [0.2, 0.25) is 0 Å². The summed E-state index contributed by atoms with van der Waals surface area (Å²) >= 11 is 3.54. The van der Waals surface area contributed by atoms with Crippen molar-refractivity contribution in [2.24, 2.45) is 5.73 Å². The SMILES string of the molecule is CC(C)(C)OC(=O)N(CCN)C(=O)NCCCOc1ccc(C(C)(C)C)cc1Br. The van der Waals surface area contributed by atoms with E-state index < -0.39 is 17.7 Å². The first-order valence-electron chi connectivity index (χ1n) is 9.76. The first-order chi connectivity index (χ1) is 13.3. The van der Waals surface area contributed by atoms with Crippen molar-refractivity contribution >= 4 is 28.1 Å². The van der Waals surface area contributed by atoms with Gasteiger partial charge in [-0.25, -0.2) is 14.5 Å². The number of hydrogen-bond acceptors (Lipinski definition) is 5. The van der Waals surface area contributed by atoms with E-state index in [0.717, 1.165) is 15.1 Å². The second-order valence-electron chi connectivity index (χ2n) is 8.75. The molecule has 0 atom stereocenters. The van der Waals surface area contributed by atoms with Gasteiger partial charge in [0.25, 0.3) is 0 Å². The Labute approximate surface area is 182 Å². The zero-order chi connectivity index (χ0) is 22.2. The first kappa shape index (κ1) is 25.2. The molecule has 0 heterocycles. The van der Waals surface area contributed by atoms with Crippen LogP contribution in [0.25, 0.3) is 0 Å². The first-order valence-corrected chi connectivity index (χ1v) is 10.6. The van der Waals surface area contributed by atoms with Crippen LogP contribution < -0.4 is 15.8 Å². The number of benzene rings is 1. The average molecular weight is 472 g/mol. The van der Waals surface area contributed by atoms with E-state index in [1.807, 2.05) is 12.1 Å². The summed E-state index contributed by atoms with van der Waals surface area (Å²) in [6.07, 6.45) is -0.121. The third kappa shape index (κ3) is 9.04. The molecular weight excluding hydrogens is 438 g/mol. The molecule has 0 aromatic heterocycles. The van der Waals surface area contributed by atoms with Crippen LogP contribution in [0.5, 0.6) is 5.75 Å². The minimum Gasteiger partial charge on any atom is -0.492 e. The molecular formula is C21H34BrN3O4. The third-order valence-electron chi connectivity index (χ3n) is 3.86. The standard InChI is InChI=1S/C21H34BrN3O4/c1-20(2,3)15-8-9-17(16(22)14-15)28-13-7-11-24-18(26)25(12-10-23)19(27)29-21(4,5)6/h8-9,14H,7,10-13,23H2,1-6H3,(H,24,26). The third-order valence-corrected chi connectivity index (χ3v) is 4.48. The quantitative estimate of drug-likeness (QED) is 0.573. The Bertz CT molecular complexity index is 696. The second kappa shape index (κ2) is 10.8. The highest BCUT2D eigenvalue weighted by Gasteiger charge is 2.26. The molecule has 0 saturated heterocycles. The van der Waals surface area contributed by atoms with Gasteiger partial charge >= 0.3 is 12.1 Å². The highest BCUT2D eigenvalue weighted by Crippen LogP contribution is 2.31. The van der Waals surface area contributed by atoms with E-state index in [0.29, 0.717) is 19.6 Å². The summed E-state index contributed by atoms with van der Waals surface area (Å²) in [5.41, 5.74) is 6.10. The molecule has 0 aliphatic rings. The number of ether oxygens (including phenoxy) is 2. The monoisotopic (exact) mass is 471 g/mol. The topological polar surface area (TPSA) is 93.9 Å². The number of halogens is 1. The predicted molar refractivity (Wildman–Crippen MR) is 118 cm³/mol. The molecule has 0 saturated carbocycles. The lowest BCUT2D eigenvalue weighted by molar-refractivity contribution is 0.0325. The van der Waals surface area contributed by atoms with E-state index in [9.17, 15) is 9.59 Å². The molecule has 3 N–H and O–H groups in total. The van der Waals surface area contributed by atoms with Crippen molar-refractivity contribution in [2.45, 2.75) is 59.0 Å². The molecule has 29 heavy (non-hydrogen) atoms. The zero-order valence-corrected chi connectivity index (χ0v) is 19.9. The summed E-state index contributed by atoms with van der Waals surface area (Å²) in [6.45, 7) is 12.7. The summed E-state index contributed by atoms with van der Waals surface area (Å²) in [6, 6.07) is 5.52. The lowest BCUT2D eigenvalue weighted by Gasteiger charge is -2.26. The molecule has 0 bridgehead atoms. The number of carbonyl (C=O) groups is 2. The molecule has 0 fully saturated rings. The molecule has 1 rings (SSSR count). The van der Waals surface area contributed by atoms with Gasteiger partial charge in [0, 0.05) is 19.6 Å². The molecule has 0 radical (unpaired) electrons. The Balaban J connectivity index is 2.48. The Morgan fingerprint density at radius 1 is 1.17 bits per heavy atom. The number of hydrogen-bond donors (Lipinski definition) is 2. The molecule has 164 valence electrons. The van der Waals surface area contributed by atoms with E-state index in [2.05, 4.69) is 48.1 Å². The van der Waals surface area contributed by atoms with Gasteiger partial charge in [0.15, 0.2) is 0 Å². The maximum atomic E-state index is 12.3. The number of nitrogens with one attached hydrogen (secondary N) is 1. The van der Waals surface area contributed by atoms with Crippen molar-refractivity contribution in [3.8, 4) is 5.75 Å².